The van der Waals surface area contributed by atoms with Gasteiger partial charge in [-0.05, 0) is 31.4 Å². The molecule has 116 valence electrons. The van der Waals surface area contributed by atoms with Gasteiger partial charge in [-0.15, -0.1) is 11.3 Å². The van der Waals surface area contributed by atoms with Crippen LogP contribution < -0.4 is 5.32 Å². The van der Waals surface area contributed by atoms with Gasteiger partial charge in [0.05, 0.1) is 22.4 Å². The van der Waals surface area contributed by atoms with E-state index in [1.54, 1.807) is 0 Å². The molecule has 0 saturated carbocycles. The van der Waals surface area contributed by atoms with Crippen molar-refractivity contribution in [2.24, 2.45) is 5.92 Å². The minimum atomic E-state index is -0.178. The smallest absolute Gasteiger partial charge is 0.261 e. The van der Waals surface area contributed by atoms with Crippen LogP contribution in [0.15, 0.2) is 6.07 Å². The normalized spacial score (nSPS) is 11.9. The molecule has 0 aromatic carbocycles. The van der Waals surface area contributed by atoms with Gasteiger partial charge < -0.3 is 15.2 Å². The Balaban J connectivity index is 2.78. The van der Waals surface area contributed by atoms with Crippen molar-refractivity contribution in [2.45, 2.75) is 33.7 Å². The molecule has 1 atom stereocenters. The van der Waals surface area contributed by atoms with Crippen LogP contribution in [0.2, 0.25) is 0 Å². The zero-order chi connectivity index (χ0) is 15.8. The van der Waals surface area contributed by atoms with Gasteiger partial charge in [0.25, 0.3) is 5.91 Å². The summed E-state index contributed by atoms with van der Waals surface area (Å²) >= 11 is 1.35. The maximum Gasteiger partial charge on any atom is 0.261 e. The summed E-state index contributed by atoms with van der Waals surface area (Å²) in [5.74, 6) is 5.67. The highest BCUT2D eigenvalue weighted by Gasteiger charge is 2.19. The standard InChI is InChI=1S/C16H23NO3S/c1-5-20-10-13(11(2)3)17-16(19)15-9-12(4)14(21-15)7-6-8-18/h9,11,13,18H,5,8,10H2,1-4H3,(H,17,19). The summed E-state index contributed by atoms with van der Waals surface area (Å²) < 4.78 is 5.41. The van der Waals surface area contributed by atoms with Gasteiger partial charge in [0.2, 0.25) is 0 Å². The molecule has 0 aliphatic heterocycles. The van der Waals surface area contributed by atoms with Crippen LogP contribution in [0.4, 0.5) is 0 Å². The summed E-state index contributed by atoms with van der Waals surface area (Å²) in [5, 5.41) is 11.7. The molecular weight excluding hydrogens is 286 g/mol. The highest BCUT2D eigenvalue weighted by atomic mass is 32.1. The Labute approximate surface area is 130 Å². The zero-order valence-electron chi connectivity index (χ0n) is 13.0. The topological polar surface area (TPSA) is 58.6 Å². The van der Waals surface area contributed by atoms with Crippen LogP contribution >= 0.6 is 11.3 Å². The number of rotatable bonds is 6. The van der Waals surface area contributed by atoms with Gasteiger partial charge >= 0.3 is 0 Å². The van der Waals surface area contributed by atoms with Crippen LogP contribution in [0.25, 0.3) is 0 Å². The Bertz CT molecular complexity index is 525. The number of nitrogens with one attached hydrogen (secondary N) is 1. The van der Waals surface area contributed by atoms with Crippen LogP contribution in [0.3, 0.4) is 0 Å². The Morgan fingerprint density at radius 3 is 2.81 bits per heavy atom. The maximum absolute atomic E-state index is 12.3. The SMILES string of the molecule is CCOCC(NC(=O)c1cc(C)c(C#CCO)s1)C(C)C. The summed E-state index contributed by atoms with van der Waals surface area (Å²) in [6.07, 6.45) is 0. The summed E-state index contributed by atoms with van der Waals surface area (Å²) in [6, 6.07) is 1.83. The molecular formula is C16H23NO3S. The number of aliphatic hydroxyl groups excluding tert-OH is 1. The fourth-order valence-corrected chi connectivity index (χ4v) is 2.67. The molecule has 0 bridgehead atoms. The second-order valence-corrected chi connectivity index (χ2v) is 6.12. The molecule has 1 rings (SSSR count). The first-order valence-corrected chi connectivity index (χ1v) is 7.90. The van der Waals surface area contributed by atoms with Crippen molar-refractivity contribution in [1.82, 2.24) is 5.32 Å². The average molecular weight is 309 g/mol. The number of aryl methyl sites for hydroxylation is 1. The second-order valence-electron chi connectivity index (χ2n) is 5.07. The Morgan fingerprint density at radius 2 is 2.24 bits per heavy atom. The van der Waals surface area contributed by atoms with Crippen LogP contribution in [0.5, 0.6) is 0 Å². The van der Waals surface area contributed by atoms with E-state index in [0.717, 1.165) is 10.4 Å². The van der Waals surface area contributed by atoms with Crippen molar-refractivity contribution < 1.29 is 14.6 Å². The lowest BCUT2D eigenvalue weighted by molar-refractivity contribution is 0.0809. The monoisotopic (exact) mass is 309 g/mol. The Kier molecular flexibility index (Phi) is 7.44. The Hall–Kier alpha value is -1.35. The predicted molar refractivity (Wildman–Crippen MR) is 85.6 cm³/mol. The fourth-order valence-electron chi connectivity index (χ4n) is 1.72. The lowest BCUT2D eigenvalue weighted by Crippen LogP contribution is -2.41. The Morgan fingerprint density at radius 1 is 1.52 bits per heavy atom. The molecule has 1 aromatic heterocycles. The molecule has 1 amide bonds. The molecule has 1 unspecified atom stereocenters. The summed E-state index contributed by atoms with van der Waals surface area (Å²) in [6.45, 7) is 8.94. The highest BCUT2D eigenvalue weighted by Crippen LogP contribution is 2.21. The van der Waals surface area contributed by atoms with Gasteiger partial charge in [-0.1, -0.05) is 25.7 Å². The van der Waals surface area contributed by atoms with E-state index in [1.807, 2.05) is 19.9 Å². The summed E-state index contributed by atoms with van der Waals surface area (Å²) in [4.78, 5) is 13.8. The van der Waals surface area contributed by atoms with Crippen LogP contribution in [-0.4, -0.2) is 36.9 Å². The first-order chi connectivity index (χ1) is 9.99. The molecule has 1 heterocycles. The van der Waals surface area contributed by atoms with E-state index < -0.39 is 0 Å². The first-order valence-electron chi connectivity index (χ1n) is 7.08. The van der Waals surface area contributed by atoms with Crippen molar-refractivity contribution in [2.75, 3.05) is 19.8 Å². The molecule has 0 fully saturated rings. The molecule has 0 aliphatic carbocycles. The fraction of sp³-hybridized carbons (Fsp3) is 0.562. The number of hydrogen-bond acceptors (Lipinski definition) is 4. The second kappa shape index (κ2) is 8.83. The number of hydrogen-bond donors (Lipinski definition) is 2. The van der Waals surface area contributed by atoms with Crippen molar-refractivity contribution in [1.29, 1.82) is 0 Å². The van der Waals surface area contributed by atoms with Crippen molar-refractivity contribution in [3.05, 3.63) is 21.4 Å². The van der Waals surface area contributed by atoms with Gasteiger partial charge in [0, 0.05) is 6.61 Å². The molecule has 0 spiro atoms. The van der Waals surface area contributed by atoms with E-state index in [0.29, 0.717) is 24.0 Å². The van der Waals surface area contributed by atoms with E-state index in [2.05, 4.69) is 31.0 Å². The van der Waals surface area contributed by atoms with E-state index in [-0.39, 0.29) is 18.6 Å². The number of amides is 1. The zero-order valence-corrected chi connectivity index (χ0v) is 13.8. The van der Waals surface area contributed by atoms with Gasteiger partial charge in [-0.25, -0.2) is 0 Å². The minimum Gasteiger partial charge on any atom is -0.384 e. The number of carbonyl (C=O) groups is 1. The van der Waals surface area contributed by atoms with E-state index in [9.17, 15) is 4.79 Å². The van der Waals surface area contributed by atoms with Crippen LogP contribution in [0, 0.1) is 24.7 Å². The molecule has 0 radical (unpaired) electrons. The van der Waals surface area contributed by atoms with Gasteiger partial charge in [-0.3, -0.25) is 4.79 Å². The van der Waals surface area contributed by atoms with Gasteiger partial charge in [-0.2, -0.15) is 0 Å². The van der Waals surface area contributed by atoms with Gasteiger partial charge in [0.15, 0.2) is 0 Å². The molecule has 1 aromatic rings. The largest absolute Gasteiger partial charge is 0.384 e. The lowest BCUT2D eigenvalue weighted by Gasteiger charge is -2.21. The predicted octanol–water partition coefficient (Wildman–Crippen LogP) is 2.19. The number of aliphatic hydroxyl groups is 1. The first kappa shape index (κ1) is 17.7. The molecule has 0 aliphatic rings. The molecule has 2 N–H and O–H groups in total. The lowest BCUT2D eigenvalue weighted by atomic mass is 10.1. The van der Waals surface area contributed by atoms with Crippen LogP contribution in [-0.2, 0) is 4.74 Å². The van der Waals surface area contributed by atoms with E-state index in [4.69, 9.17) is 9.84 Å². The number of ether oxygens (including phenoxy) is 1. The van der Waals surface area contributed by atoms with Crippen molar-refractivity contribution in [3.63, 3.8) is 0 Å². The number of carbonyl (C=O) groups excluding carboxylic acids is 1. The van der Waals surface area contributed by atoms with E-state index >= 15 is 0 Å². The quantitative estimate of drug-likeness (QED) is 0.792. The molecule has 4 nitrogen and oxygen atoms in total. The summed E-state index contributed by atoms with van der Waals surface area (Å²) in [7, 11) is 0. The molecule has 0 saturated heterocycles. The average Bonchev–Trinajstić information content (AvgIpc) is 2.82. The third-order valence-electron chi connectivity index (χ3n) is 3.05. The van der Waals surface area contributed by atoms with Crippen molar-refractivity contribution in [3.8, 4) is 11.8 Å². The van der Waals surface area contributed by atoms with Crippen LogP contribution in [0.1, 0.15) is 40.9 Å². The molecule has 5 heteroatoms. The third-order valence-corrected chi connectivity index (χ3v) is 4.20. The van der Waals surface area contributed by atoms with Gasteiger partial charge in [0.1, 0.15) is 6.61 Å². The highest BCUT2D eigenvalue weighted by molar-refractivity contribution is 7.14. The van der Waals surface area contributed by atoms with Crippen molar-refractivity contribution >= 4 is 17.2 Å². The minimum absolute atomic E-state index is 0.00756. The number of thiophene rings is 1. The van der Waals surface area contributed by atoms with E-state index in [1.165, 1.54) is 11.3 Å². The maximum atomic E-state index is 12.3. The third kappa shape index (κ3) is 5.50. The summed E-state index contributed by atoms with van der Waals surface area (Å²) in [5.41, 5.74) is 0.956. The molecule has 21 heavy (non-hydrogen) atoms.